The van der Waals surface area contributed by atoms with Crippen molar-refractivity contribution in [1.29, 1.82) is 0 Å². The maximum Gasteiger partial charge on any atom is 0.335 e. The van der Waals surface area contributed by atoms with Gasteiger partial charge in [0.15, 0.2) is 0 Å². The number of ether oxygens (including phenoxy) is 1. The topological polar surface area (TPSA) is 657 Å². The van der Waals surface area contributed by atoms with Gasteiger partial charge < -0.3 is 126 Å². The molecule has 2 saturated heterocycles. The van der Waals surface area contributed by atoms with Crippen molar-refractivity contribution >= 4 is 139 Å². The molecule has 43 heteroatoms. The number of carbonyl (C=O) groups excluding carboxylic acids is 15. The van der Waals surface area contributed by atoms with E-state index in [0.29, 0.717) is 83.0 Å². The average molecular weight is 2050 g/mol. The van der Waals surface area contributed by atoms with Crippen molar-refractivity contribution < 1.29 is 111 Å². The largest absolute Gasteiger partial charge is 0.508 e. The minimum absolute atomic E-state index is 0.00184. The number of amides is 15. The molecule has 11 aromatic rings. The summed E-state index contributed by atoms with van der Waals surface area (Å²) in [5, 5.41) is 77.2. The second kappa shape index (κ2) is 51.3. The van der Waals surface area contributed by atoms with E-state index in [2.05, 4.69) is 84.1 Å². The number of hydrogen-bond donors (Lipinski definition) is 21. The molecule has 2 aliphatic rings. The Kier molecular flexibility index (Phi) is 37.5. The third kappa shape index (κ3) is 29.6. The average Bonchev–Trinajstić information content (AvgIpc) is 1.17. The minimum atomic E-state index is -2.01. The molecule has 0 saturated carbocycles. The van der Waals surface area contributed by atoms with Crippen LogP contribution in [0.4, 0.5) is 0 Å². The third-order valence-corrected chi connectivity index (χ3v) is 26.2. The minimum Gasteiger partial charge on any atom is -0.508 e. The number of benzene rings is 8. The molecule has 0 unspecified atom stereocenters. The molecule has 5 heterocycles. The SMILES string of the molecule is CC(=O)NCCOc1ccc(C[C@@H]2NC(=O)[C@H](CCc3ccc(O)cc3)NC(=O)[C@@H](CCN)NC(=O)CNC(=O)[C@H](Cc3c[nH]c4ncccc34)NC(=O)[C@H](Cc3ccc(-c4ccc(C(=O)O)cc4)cc3)NC(=O)CNC(=O)[C@@H](C)N(C)C(=O)[C@H](CC(=O)O)NC(=O)[C@H]([C@@H](C)c3cccc4ccccc34)NC(=O)[C@@H]3C[C@@H](N)CN3C(=O)CNC(=O)[C@H](Cc3ccc(C(=O)O)cc3)NC(=O)[C@H](Cc3c[nH]c4ccccc34)NC2=O)cc1. The predicted octanol–water partition coefficient (Wildman–Crippen LogP) is 1.76. The predicted molar refractivity (Wildman–Crippen MR) is 547 cm³/mol. The monoisotopic (exact) mass is 2050 g/mol. The molecule has 43 nitrogen and oxygen atoms in total. The third-order valence-electron chi connectivity index (χ3n) is 26.2. The summed E-state index contributed by atoms with van der Waals surface area (Å²) in [5.74, 6) is -19.7. The zero-order valence-electron chi connectivity index (χ0n) is 82.4. The number of aromatic hydroxyl groups is 1. The molecule has 150 heavy (non-hydrogen) atoms. The molecular formula is C107H118N20O23. The first kappa shape index (κ1) is 109. The molecule has 3 aromatic heterocycles. The molecule has 15 amide bonds. The van der Waals surface area contributed by atoms with Crippen molar-refractivity contribution in [2.24, 2.45) is 11.5 Å². The van der Waals surface area contributed by atoms with Gasteiger partial charge in [0, 0.05) is 99.5 Å². The maximum absolute atomic E-state index is 15.9. The van der Waals surface area contributed by atoms with E-state index < -0.39 is 212 Å². The highest BCUT2D eigenvalue weighted by atomic mass is 16.5. The molecule has 0 aliphatic carbocycles. The van der Waals surface area contributed by atoms with E-state index in [9.17, 15) is 58.8 Å². The Bertz CT molecular complexity index is 6820. The highest BCUT2D eigenvalue weighted by Gasteiger charge is 2.44. The van der Waals surface area contributed by atoms with Crippen LogP contribution < -0.4 is 85.3 Å². The molecule has 0 bridgehead atoms. The number of rotatable bonds is 26. The Morgan fingerprint density at radius 3 is 1.55 bits per heavy atom. The molecular weight excluding hydrogens is 1930 g/mol. The fourth-order valence-corrected chi connectivity index (χ4v) is 17.9. The van der Waals surface area contributed by atoms with Crippen LogP contribution in [0.2, 0.25) is 0 Å². The van der Waals surface area contributed by atoms with Crippen molar-refractivity contribution in [3.63, 3.8) is 0 Å². The van der Waals surface area contributed by atoms with E-state index in [4.69, 9.17) is 16.2 Å². The van der Waals surface area contributed by atoms with Crippen LogP contribution in [0.25, 0.3) is 43.8 Å². The number of carboxylic acids is 3. The number of fused-ring (bicyclic) bond motifs is 4. The summed E-state index contributed by atoms with van der Waals surface area (Å²) in [6, 6.07) is 33.0. The van der Waals surface area contributed by atoms with Gasteiger partial charge in [0.25, 0.3) is 0 Å². The molecule has 784 valence electrons. The molecule has 8 aromatic carbocycles. The number of carbonyl (C=O) groups is 18. The number of phenolic OH excluding ortho intramolecular Hbond substituents is 1. The molecule has 13 atom stereocenters. The number of H-pyrrole nitrogens is 2. The van der Waals surface area contributed by atoms with E-state index in [1.54, 1.807) is 165 Å². The van der Waals surface area contributed by atoms with Crippen LogP contribution in [0, 0.1) is 0 Å². The molecule has 23 N–H and O–H groups in total. The Labute approximate surface area is 859 Å². The number of aliphatic carboxylic acids is 1. The van der Waals surface area contributed by atoms with Gasteiger partial charge in [0.2, 0.25) is 88.6 Å². The quantitative estimate of drug-likeness (QED) is 0.0343. The summed E-state index contributed by atoms with van der Waals surface area (Å²) >= 11 is 0. The summed E-state index contributed by atoms with van der Waals surface area (Å²) in [4.78, 5) is 273. The standard InChI is InChI=1S/C107H118N20O23/c1-58(75-15-9-12-67-11-5-6-13-76(67)75)93-104(144)124-87(51-92(133)134)105(145)126(4)59(2)95(135)114-54-90(131)118-83(46-62-18-27-65(28-19-62)66-31-33-69(34-32-66)107(148)149)100(140)122-85(49-71-53-113-94-78(71)16-10-42-111-94)97(137)115-55-89(130)117-81(40-41-108)99(139)119-80(39-26-61-22-35-73(129)36-23-61)98(138)121-84(47-64-24-37-74(38-25-64)150-44-43-110-60(3)128)101(141)123-86(48-70-52-112-79-17-8-7-14-77(70)79)102(142)120-82(45-63-20-29-68(30-21-63)106(146)147)96(136)116-56-91(132)127-57-72(109)50-88(127)103(143)125-93/h5-25,27-38,42,52-53,58-59,72,80-88,93,112,129H,26,39-41,43-51,54-57,108-109H2,1-4H3,(H,110,128)(H,111,113)(H,114,135)(H,115,137)(H,116,136)(H,117,130)(H,118,131)(H,119,139)(H,120,142)(H,121,138)(H,122,140)(H,123,141)(H,124,144)(H,125,143)(H,133,134)(H,146,147)(H,148,149)/t58-,59+,72+,80-,81+,82-,83-,84-,85-,86-,87-,88-,93-/m0/s1. The number of nitrogens with two attached hydrogens (primary N) is 2. The van der Waals surface area contributed by atoms with Crippen LogP contribution in [0.5, 0.6) is 11.5 Å². The van der Waals surface area contributed by atoms with Crippen molar-refractivity contribution in [2.75, 3.05) is 52.9 Å². The fourth-order valence-electron chi connectivity index (χ4n) is 17.9. The van der Waals surface area contributed by atoms with Crippen molar-refractivity contribution in [1.82, 2.24) is 93.9 Å². The zero-order chi connectivity index (χ0) is 108. The Morgan fingerprint density at radius 1 is 0.480 bits per heavy atom. The van der Waals surface area contributed by atoms with Crippen LogP contribution in [0.3, 0.4) is 0 Å². The van der Waals surface area contributed by atoms with Gasteiger partial charge in [-0.3, -0.25) is 76.7 Å². The van der Waals surface area contributed by atoms with E-state index >= 15 is 47.9 Å². The number of nitrogens with zero attached hydrogens (tertiary/aromatic N) is 3. The Balaban J connectivity index is 0.868. The second-order valence-corrected chi connectivity index (χ2v) is 36.8. The first-order valence-corrected chi connectivity index (χ1v) is 48.6. The number of phenols is 1. The van der Waals surface area contributed by atoms with Crippen molar-refractivity contribution in [3.05, 3.63) is 269 Å². The highest BCUT2D eigenvalue weighted by molar-refractivity contribution is 6.03. The van der Waals surface area contributed by atoms with Crippen molar-refractivity contribution in [3.8, 4) is 22.6 Å². The molecule has 13 rings (SSSR count). The molecule has 0 radical (unpaired) electrons. The van der Waals surface area contributed by atoms with Crippen LogP contribution >= 0.6 is 0 Å². The maximum atomic E-state index is 15.9. The van der Waals surface area contributed by atoms with Crippen molar-refractivity contribution in [2.45, 2.75) is 163 Å². The Morgan fingerprint density at radius 2 is 0.953 bits per heavy atom. The van der Waals surface area contributed by atoms with E-state index in [0.717, 1.165) is 16.8 Å². The lowest BCUT2D eigenvalue weighted by atomic mass is 9.88. The summed E-state index contributed by atoms with van der Waals surface area (Å²) < 4.78 is 5.88. The van der Waals surface area contributed by atoms with Gasteiger partial charge in [-0.1, -0.05) is 140 Å². The van der Waals surface area contributed by atoms with E-state index in [1.165, 1.54) is 74.8 Å². The van der Waals surface area contributed by atoms with Gasteiger partial charge in [-0.05, 0) is 167 Å². The van der Waals surface area contributed by atoms with Crippen LogP contribution in [0.15, 0.2) is 219 Å². The van der Waals surface area contributed by atoms with Gasteiger partial charge in [0.05, 0.1) is 43.7 Å². The molecule has 0 spiro atoms. The van der Waals surface area contributed by atoms with Crippen LogP contribution in [-0.4, -0.2) is 277 Å². The Hall–Kier alpha value is -17.8. The summed E-state index contributed by atoms with van der Waals surface area (Å²) in [5.41, 5.74) is 17.7. The lowest BCUT2D eigenvalue weighted by molar-refractivity contribution is -0.146. The number of carboxylic acid groups (broad SMARTS) is 3. The lowest BCUT2D eigenvalue weighted by Gasteiger charge is -2.32. The van der Waals surface area contributed by atoms with Gasteiger partial charge in [-0.15, -0.1) is 0 Å². The first-order chi connectivity index (χ1) is 71.9. The number of nitrogens with one attached hydrogen (secondary N) is 15. The number of likely N-dealkylation sites (N-methyl/N-ethyl adjacent to an activating group) is 1. The first-order valence-electron chi connectivity index (χ1n) is 48.6. The second-order valence-electron chi connectivity index (χ2n) is 36.8. The van der Waals surface area contributed by atoms with Gasteiger partial charge in [-0.2, -0.15) is 0 Å². The van der Waals surface area contributed by atoms with Gasteiger partial charge >= 0.3 is 17.9 Å². The fraction of sp³-hybridized carbons (Fsp3) is 0.318. The van der Waals surface area contributed by atoms with Gasteiger partial charge in [0.1, 0.15) is 90.2 Å². The smallest absolute Gasteiger partial charge is 0.335 e. The normalized spacial score (nSPS) is 21.2. The molecule has 2 aliphatic heterocycles. The van der Waals surface area contributed by atoms with E-state index in [-0.39, 0.29) is 106 Å². The van der Waals surface area contributed by atoms with E-state index in [1.807, 2.05) is 0 Å². The van der Waals surface area contributed by atoms with Crippen LogP contribution in [-0.2, 0) is 115 Å². The number of para-hydroxylation sites is 1. The highest BCUT2D eigenvalue weighted by Crippen LogP contribution is 2.31. The molecule has 2 fully saturated rings. The summed E-state index contributed by atoms with van der Waals surface area (Å²) in [7, 11) is 1.12. The number of aromatic nitrogens is 3. The number of aromatic carboxylic acids is 2. The summed E-state index contributed by atoms with van der Waals surface area (Å²) in [6.07, 6.45) is 0.871. The zero-order valence-corrected chi connectivity index (χ0v) is 82.4. The number of pyridine rings is 1. The summed E-state index contributed by atoms with van der Waals surface area (Å²) in [6.45, 7) is 0.988. The number of aromatic amines is 2. The van der Waals surface area contributed by atoms with Crippen LogP contribution in [0.1, 0.15) is 112 Å². The van der Waals surface area contributed by atoms with Gasteiger partial charge in [-0.25, -0.2) is 14.6 Å². The lowest BCUT2D eigenvalue weighted by Crippen LogP contribution is -2.60. The number of aryl methyl sites for hydroxylation is 1. The number of hydrogen-bond acceptors (Lipinski definition) is 23.